The molecule has 0 radical (unpaired) electrons. The second-order valence-electron chi connectivity index (χ2n) is 2.37. The lowest BCUT2D eigenvalue weighted by Gasteiger charge is -1.94. The van der Waals surface area contributed by atoms with Crippen LogP contribution in [0.3, 0.4) is 0 Å². The Bertz CT molecular complexity index is 269. The summed E-state index contributed by atoms with van der Waals surface area (Å²) in [5, 5.41) is 0. The summed E-state index contributed by atoms with van der Waals surface area (Å²) < 4.78 is 0. The minimum absolute atomic E-state index is 1.17. The summed E-state index contributed by atoms with van der Waals surface area (Å²) in [5.41, 5.74) is 2.39. The molecule has 1 aromatic rings. The monoisotopic (exact) mass is 144 g/mol. The maximum atomic E-state index is 3.71. The smallest absolute Gasteiger partial charge is 0.0254 e. The molecule has 11 heavy (non-hydrogen) atoms. The van der Waals surface area contributed by atoms with Gasteiger partial charge in [0, 0.05) is 0 Å². The van der Waals surface area contributed by atoms with Gasteiger partial charge in [0.2, 0.25) is 0 Å². The zero-order chi connectivity index (χ0) is 8.10. The van der Waals surface area contributed by atoms with E-state index in [1.165, 1.54) is 11.1 Å². The molecule has 0 nitrogen and oxygen atoms in total. The largest absolute Gasteiger partial charge is 0.0985 e. The van der Waals surface area contributed by atoms with E-state index < -0.39 is 0 Å². The van der Waals surface area contributed by atoms with Gasteiger partial charge >= 0.3 is 0 Å². The fraction of sp³-hybridized carbons (Fsp3) is 0.0909. The van der Waals surface area contributed by atoms with Crippen LogP contribution in [0.15, 0.2) is 36.9 Å². The normalized spacial score (nSPS) is 10.3. The molecule has 0 aromatic heterocycles. The second kappa shape index (κ2) is 3.77. The first-order valence-electron chi connectivity index (χ1n) is 3.72. The van der Waals surface area contributed by atoms with Crippen molar-refractivity contribution in [2.24, 2.45) is 0 Å². The Morgan fingerprint density at radius 2 is 2.00 bits per heavy atom. The van der Waals surface area contributed by atoms with Gasteiger partial charge in [0.15, 0.2) is 0 Å². The van der Waals surface area contributed by atoms with Crippen LogP contribution in [0.25, 0.3) is 12.2 Å². The van der Waals surface area contributed by atoms with Gasteiger partial charge in [0.05, 0.1) is 0 Å². The third-order valence-corrected chi connectivity index (χ3v) is 1.51. The third kappa shape index (κ3) is 2.08. The molecule has 56 valence electrons. The molecule has 0 aliphatic carbocycles. The lowest BCUT2D eigenvalue weighted by molar-refractivity contribution is 1.61. The molecule has 1 rings (SSSR count). The summed E-state index contributed by atoms with van der Waals surface area (Å²) >= 11 is 0. The Morgan fingerprint density at radius 3 is 2.64 bits per heavy atom. The summed E-state index contributed by atoms with van der Waals surface area (Å²) in [6, 6.07) is 8.26. The zero-order valence-corrected chi connectivity index (χ0v) is 6.75. The van der Waals surface area contributed by atoms with Crippen LogP contribution in [0, 0.1) is 0 Å². The van der Waals surface area contributed by atoms with Gasteiger partial charge in [-0.25, -0.2) is 0 Å². The molecule has 0 heteroatoms. The summed E-state index contributed by atoms with van der Waals surface area (Å²) in [5.74, 6) is 0. The summed E-state index contributed by atoms with van der Waals surface area (Å²) in [6.45, 7) is 5.72. The fourth-order valence-electron chi connectivity index (χ4n) is 0.982. The number of hydrogen-bond donors (Lipinski definition) is 0. The van der Waals surface area contributed by atoms with Crippen molar-refractivity contribution in [3.63, 3.8) is 0 Å². The van der Waals surface area contributed by atoms with Crippen molar-refractivity contribution in [2.75, 3.05) is 0 Å². The minimum atomic E-state index is 1.17. The summed E-state index contributed by atoms with van der Waals surface area (Å²) in [6.07, 6.45) is 5.96. The van der Waals surface area contributed by atoms with Crippen molar-refractivity contribution >= 4 is 12.2 Å². The van der Waals surface area contributed by atoms with Crippen molar-refractivity contribution in [3.8, 4) is 0 Å². The third-order valence-electron chi connectivity index (χ3n) is 1.51. The van der Waals surface area contributed by atoms with E-state index in [4.69, 9.17) is 0 Å². The summed E-state index contributed by atoms with van der Waals surface area (Å²) in [7, 11) is 0. The number of hydrogen-bond acceptors (Lipinski definition) is 0. The Kier molecular flexibility index (Phi) is 2.67. The highest BCUT2D eigenvalue weighted by Gasteiger charge is 1.86. The van der Waals surface area contributed by atoms with Gasteiger partial charge in [-0.1, -0.05) is 43.0 Å². The SMILES string of the molecule is C=Cc1cccc(/C=C/C)c1. The Labute approximate surface area is 67.9 Å². The lowest BCUT2D eigenvalue weighted by atomic mass is 10.1. The Hall–Kier alpha value is -1.30. The molecule has 0 bridgehead atoms. The van der Waals surface area contributed by atoms with Crippen molar-refractivity contribution in [1.29, 1.82) is 0 Å². The van der Waals surface area contributed by atoms with E-state index in [9.17, 15) is 0 Å². The van der Waals surface area contributed by atoms with Crippen LogP contribution in [-0.4, -0.2) is 0 Å². The second-order valence-corrected chi connectivity index (χ2v) is 2.37. The molecule has 0 saturated heterocycles. The predicted octanol–water partition coefficient (Wildman–Crippen LogP) is 3.36. The van der Waals surface area contributed by atoms with Gasteiger partial charge in [0.1, 0.15) is 0 Å². The van der Waals surface area contributed by atoms with Gasteiger partial charge in [-0.2, -0.15) is 0 Å². The minimum Gasteiger partial charge on any atom is -0.0985 e. The first-order chi connectivity index (χ1) is 5.36. The van der Waals surface area contributed by atoms with Crippen molar-refractivity contribution < 1.29 is 0 Å². The van der Waals surface area contributed by atoms with Crippen molar-refractivity contribution in [1.82, 2.24) is 0 Å². The average Bonchev–Trinajstić information content (AvgIpc) is 2.06. The first kappa shape index (κ1) is 7.80. The van der Waals surface area contributed by atoms with Crippen LogP contribution < -0.4 is 0 Å². The molecule has 0 N–H and O–H groups in total. The van der Waals surface area contributed by atoms with E-state index in [1.807, 2.05) is 31.2 Å². The molecule has 0 aliphatic heterocycles. The van der Waals surface area contributed by atoms with Gasteiger partial charge < -0.3 is 0 Å². The molecule has 1 aromatic carbocycles. The van der Waals surface area contributed by atoms with Crippen LogP contribution in [0.5, 0.6) is 0 Å². The maximum absolute atomic E-state index is 3.71. The molecule has 0 amide bonds. The quantitative estimate of drug-likeness (QED) is 0.597. The van der Waals surface area contributed by atoms with Crippen LogP contribution in [-0.2, 0) is 0 Å². The highest BCUT2D eigenvalue weighted by molar-refractivity contribution is 5.56. The number of rotatable bonds is 2. The molecule has 0 saturated carbocycles. The zero-order valence-electron chi connectivity index (χ0n) is 6.75. The highest BCUT2D eigenvalue weighted by atomic mass is 13.9. The molecule has 0 unspecified atom stereocenters. The van der Waals surface area contributed by atoms with Crippen molar-refractivity contribution in [3.05, 3.63) is 48.0 Å². The topological polar surface area (TPSA) is 0 Å². The van der Waals surface area contributed by atoms with E-state index in [0.717, 1.165) is 0 Å². The van der Waals surface area contributed by atoms with E-state index in [2.05, 4.69) is 24.8 Å². The van der Waals surface area contributed by atoms with Gasteiger partial charge in [-0.3, -0.25) is 0 Å². The van der Waals surface area contributed by atoms with E-state index in [0.29, 0.717) is 0 Å². The van der Waals surface area contributed by atoms with E-state index in [1.54, 1.807) is 0 Å². The Balaban J connectivity index is 3.00. The van der Waals surface area contributed by atoms with Gasteiger partial charge in [-0.05, 0) is 24.1 Å². The van der Waals surface area contributed by atoms with Gasteiger partial charge in [0.25, 0.3) is 0 Å². The molecule has 0 fully saturated rings. The predicted molar refractivity (Wildman–Crippen MR) is 51.2 cm³/mol. The Morgan fingerprint density at radius 1 is 1.27 bits per heavy atom. The standard InChI is InChI=1S/C11H12/c1-3-6-11-8-5-7-10(4-2)9-11/h3-9H,2H2,1H3/b6-3+. The van der Waals surface area contributed by atoms with Crippen LogP contribution in [0.2, 0.25) is 0 Å². The fourth-order valence-corrected chi connectivity index (χ4v) is 0.982. The average molecular weight is 144 g/mol. The van der Waals surface area contributed by atoms with Crippen LogP contribution in [0.1, 0.15) is 18.1 Å². The maximum Gasteiger partial charge on any atom is -0.0254 e. The molecular weight excluding hydrogens is 132 g/mol. The molecule has 0 spiro atoms. The lowest BCUT2D eigenvalue weighted by Crippen LogP contribution is -1.73. The van der Waals surface area contributed by atoms with Gasteiger partial charge in [-0.15, -0.1) is 0 Å². The van der Waals surface area contributed by atoms with Crippen LogP contribution >= 0.6 is 0 Å². The molecule has 0 aliphatic rings. The van der Waals surface area contributed by atoms with Crippen LogP contribution in [0.4, 0.5) is 0 Å². The molecule has 0 atom stereocenters. The highest BCUT2D eigenvalue weighted by Crippen LogP contribution is 2.07. The van der Waals surface area contributed by atoms with Crippen molar-refractivity contribution in [2.45, 2.75) is 6.92 Å². The summed E-state index contributed by atoms with van der Waals surface area (Å²) in [4.78, 5) is 0. The molecular formula is C11H12. The number of benzene rings is 1. The van der Waals surface area contributed by atoms with E-state index in [-0.39, 0.29) is 0 Å². The number of allylic oxidation sites excluding steroid dienone is 1. The first-order valence-corrected chi connectivity index (χ1v) is 3.72. The molecule has 0 heterocycles. The van der Waals surface area contributed by atoms with E-state index >= 15 is 0 Å².